The van der Waals surface area contributed by atoms with Crippen molar-refractivity contribution >= 4 is 22.9 Å². The largest absolute Gasteiger partial charge is 0.507 e. The molecule has 8 nitrogen and oxygen atoms in total. The number of benzene rings is 2. The van der Waals surface area contributed by atoms with Gasteiger partial charge in [-0.05, 0) is 52.5 Å². The molecule has 0 aromatic heterocycles. The van der Waals surface area contributed by atoms with E-state index in [0.717, 1.165) is 0 Å². The molecule has 0 saturated carbocycles. The fourth-order valence-electron chi connectivity index (χ4n) is 3.15. The molecule has 28 heavy (non-hydrogen) atoms. The number of fused-ring (bicyclic) bond motifs is 2. The Balaban J connectivity index is 2.22. The maximum atomic E-state index is 13.3. The van der Waals surface area contributed by atoms with Gasteiger partial charge in [0.2, 0.25) is 11.6 Å². The highest BCUT2D eigenvalue weighted by molar-refractivity contribution is 6.33. The molecule has 0 saturated heterocycles. The molecule has 0 bridgehead atoms. The summed E-state index contributed by atoms with van der Waals surface area (Å²) >= 11 is 0. The number of rotatable bonds is 6. The summed E-state index contributed by atoms with van der Waals surface area (Å²) in [5, 5.41) is 26.7. The second kappa shape index (κ2) is 7.49. The summed E-state index contributed by atoms with van der Waals surface area (Å²) in [6.45, 7) is 0.911. The first kappa shape index (κ1) is 19.7. The molecule has 0 heterocycles. The summed E-state index contributed by atoms with van der Waals surface area (Å²) in [7, 11) is 7.49. The number of nitrogens with zero attached hydrogens (tertiary/aromatic N) is 2. The minimum absolute atomic E-state index is 0.171. The van der Waals surface area contributed by atoms with E-state index >= 15 is 0 Å². The Morgan fingerprint density at radius 1 is 0.679 bits per heavy atom. The molecule has 0 atom stereocenters. The molecule has 0 radical (unpaired) electrons. The normalized spacial score (nSPS) is 12.9. The Morgan fingerprint density at radius 2 is 1.04 bits per heavy atom. The average molecular weight is 384 g/mol. The Kier molecular flexibility index (Phi) is 5.26. The molecule has 1 aliphatic carbocycles. The third-order valence-electron chi connectivity index (χ3n) is 4.45. The molecule has 0 spiro atoms. The van der Waals surface area contributed by atoms with Gasteiger partial charge in [-0.3, -0.25) is 19.4 Å². The Bertz CT molecular complexity index is 878. The summed E-state index contributed by atoms with van der Waals surface area (Å²) in [6.07, 6.45) is 0. The van der Waals surface area contributed by atoms with Gasteiger partial charge in [0, 0.05) is 11.4 Å². The number of ketones is 2. The lowest BCUT2D eigenvalue weighted by Gasteiger charge is -2.26. The van der Waals surface area contributed by atoms with Crippen LogP contribution in [0, 0.1) is 0 Å². The molecule has 148 valence electrons. The number of phenols is 2. The fourth-order valence-corrected chi connectivity index (χ4v) is 3.15. The molecule has 0 unspecified atom stereocenters. The second-order valence-electron chi connectivity index (χ2n) is 7.25. The van der Waals surface area contributed by atoms with Crippen molar-refractivity contribution in [2.45, 2.75) is 0 Å². The number of nitrogens with one attached hydrogen (secondary N) is 2. The topological polar surface area (TPSA) is 105 Å². The van der Waals surface area contributed by atoms with Gasteiger partial charge in [0.05, 0.1) is 35.6 Å². The van der Waals surface area contributed by atoms with Crippen molar-refractivity contribution in [3.63, 3.8) is 0 Å². The van der Waals surface area contributed by atoms with Crippen molar-refractivity contribution in [3.8, 4) is 11.5 Å². The third-order valence-corrected chi connectivity index (χ3v) is 4.45. The van der Waals surface area contributed by atoms with Gasteiger partial charge in [0.25, 0.3) is 0 Å². The van der Waals surface area contributed by atoms with Crippen LogP contribution in [0.5, 0.6) is 11.5 Å². The van der Waals surface area contributed by atoms with E-state index in [9.17, 15) is 19.8 Å². The lowest BCUT2D eigenvalue weighted by atomic mass is 9.81. The molecule has 2 aromatic carbocycles. The van der Waals surface area contributed by atoms with Gasteiger partial charge in [-0.15, -0.1) is 0 Å². The standard InChI is InChI=1S/C20H24N4O4/c1-23(2)9-21-11-5-6-12(22-10-24(3)4)16-15(11)19(27)17-13(25)7-8-14(26)18(17)20(16)28/h5-8,21-22,25-26H,9-10H2,1-4H3. The quantitative estimate of drug-likeness (QED) is 0.376. The predicted molar refractivity (Wildman–Crippen MR) is 107 cm³/mol. The van der Waals surface area contributed by atoms with Crippen molar-refractivity contribution in [2.24, 2.45) is 0 Å². The van der Waals surface area contributed by atoms with Gasteiger partial charge in [0.15, 0.2) is 0 Å². The maximum absolute atomic E-state index is 13.3. The molecule has 0 fully saturated rings. The van der Waals surface area contributed by atoms with E-state index < -0.39 is 11.6 Å². The zero-order valence-electron chi connectivity index (χ0n) is 16.3. The zero-order valence-corrected chi connectivity index (χ0v) is 16.3. The van der Waals surface area contributed by atoms with Gasteiger partial charge in [-0.1, -0.05) is 0 Å². The Morgan fingerprint density at radius 3 is 1.36 bits per heavy atom. The fraction of sp³-hybridized carbons (Fsp3) is 0.300. The van der Waals surface area contributed by atoms with Gasteiger partial charge in [-0.25, -0.2) is 0 Å². The van der Waals surface area contributed by atoms with Crippen LogP contribution >= 0.6 is 0 Å². The highest BCUT2D eigenvalue weighted by atomic mass is 16.3. The molecule has 4 N–H and O–H groups in total. The molecule has 0 amide bonds. The number of hydrogen-bond donors (Lipinski definition) is 4. The van der Waals surface area contributed by atoms with Gasteiger partial charge in [0.1, 0.15) is 11.5 Å². The number of phenolic OH excluding ortho intramolecular Hbond substituents is 2. The van der Waals surface area contributed by atoms with Crippen LogP contribution in [0.1, 0.15) is 31.8 Å². The van der Waals surface area contributed by atoms with Crippen LogP contribution in [-0.4, -0.2) is 73.1 Å². The predicted octanol–water partition coefficient (Wildman–Crippen LogP) is 1.74. The van der Waals surface area contributed by atoms with Crippen LogP contribution in [0.4, 0.5) is 11.4 Å². The lowest BCUT2D eigenvalue weighted by Crippen LogP contribution is -2.28. The second-order valence-corrected chi connectivity index (χ2v) is 7.25. The summed E-state index contributed by atoms with van der Waals surface area (Å²) in [4.78, 5) is 30.3. The van der Waals surface area contributed by atoms with E-state index in [1.165, 1.54) is 12.1 Å². The summed E-state index contributed by atoms with van der Waals surface area (Å²) in [5.74, 6) is -1.68. The third kappa shape index (κ3) is 3.39. The maximum Gasteiger partial charge on any atom is 0.200 e. The van der Waals surface area contributed by atoms with Crippen LogP contribution in [0.3, 0.4) is 0 Å². The van der Waals surface area contributed by atoms with Crippen molar-refractivity contribution < 1.29 is 19.8 Å². The highest BCUT2D eigenvalue weighted by Gasteiger charge is 2.37. The zero-order chi connectivity index (χ0) is 20.6. The Hall–Kier alpha value is -3.10. The molecule has 1 aliphatic rings. The van der Waals surface area contributed by atoms with Crippen molar-refractivity contribution in [1.82, 2.24) is 9.80 Å². The number of anilines is 2. The van der Waals surface area contributed by atoms with E-state index in [-0.39, 0.29) is 33.8 Å². The monoisotopic (exact) mass is 384 g/mol. The van der Waals surface area contributed by atoms with Crippen molar-refractivity contribution in [3.05, 3.63) is 46.5 Å². The SMILES string of the molecule is CN(C)CNc1ccc(NCN(C)C)c2c1C(=O)c1c(O)ccc(O)c1C2=O. The van der Waals surface area contributed by atoms with Crippen LogP contribution in [0.15, 0.2) is 24.3 Å². The van der Waals surface area contributed by atoms with E-state index in [0.29, 0.717) is 24.7 Å². The molecule has 2 aromatic rings. The van der Waals surface area contributed by atoms with E-state index in [2.05, 4.69) is 10.6 Å². The number of aromatic hydroxyl groups is 2. The van der Waals surface area contributed by atoms with Crippen LogP contribution in [-0.2, 0) is 0 Å². The minimum Gasteiger partial charge on any atom is -0.507 e. The molecule has 0 aliphatic heterocycles. The van der Waals surface area contributed by atoms with Crippen molar-refractivity contribution in [2.75, 3.05) is 52.2 Å². The lowest BCUT2D eigenvalue weighted by molar-refractivity contribution is 0.0975. The first-order valence-electron chi connectivity index (χ1n) is 8.81. The molecule has 3 rings (SSSR count). The van der Waals surface area contributed by atoms with Crippen LogP contribution in [0.25, 0.3) is 0 Å². The summed E-state index contributed by atoms with van der Waals surface area (Å²) in [5.41, 5.74) is 1.01. The van der Waals surface area contributed by atoms with E-state index in [4.69, 9.17) is 0 Å². The highest BCUT2D eigenvalue weighted by Crippen LogP contribution is 2.42. The smallest absolute Gasteiger partial charge is 0.200 e. The van der Waals surface area contributed by atoms with Gasteiger partial charge < -0.3 is 20.8 Å². The van der Waals surface area contributed by atoms with E-state index in [1.807, 2.05) is 38.0 Å². The number of carbonyl (C=O) groups excluding carboxylic acids is 2. The summed E-state index contributed by atoms with van der Waals surface area (Å²) in [6, 6.07) is 5.89. The first-order chi connectivity index (χ1) is 13.2. The van der Waals surface area contributed by atoms with E-state index in [1.54, 1.807) is 12.1 Å². The van der Waals surface area contributed by atoms with Gasteiger partial charge >= 0.3 is 0 Å². The van der Waals surface area contributed by atoms with Crippen LogP contribution < -0.4 is 10.6 Å². The number of carbonyl (C=O) groups is 2. The van der Waals surface area contributed by atoms with Crippen molar-refractivity contribution in [1.29, 1.82) is 0 Å². The molecular weight excluding hydrogens is 360 g/mol. The first-order valence-corrected chi connectivity index (χ1v) is 8.81. The average Bonchev–Trinajstić information content (AvgIpc) is 2.64. The molecular formula is C20H24N4O4. The van der Waals surface area contributed by atoms with Gasteiger partial charge in [-0.2, -0.15) is 0 Å². The van der Waals surface area contributed by atoms with Crippen LogP contribution in [0.2, 0.25) is 0 Å². The number of hydrogen-bond acceptors (Lipinski definition) is 8. The minimum atomic E-state index is -0.507. The molecule has 8 heteroatoms. The Labute approximate surface area is 163 Å². The summed E-state index contributed by atoms with van der Waals surface area (Å²) < 4.78 is 0.